The summed E-state index contributed by atoms with van der Waals surface area (Å²) in [7, 11) is 0. The van der Waals surface area contributed by atoms with Gasteiger partial charge in [-0.3, -0.25) is 4.90 Å². The van der Waals surface area contributed by atoms with E-state index in [0.29, 0.717) is 0 Å². The minimum absolute atomic E-state index is 0.245. The summed E-state index contributed by atoms with van der Waals surface area (Å²) in [6.07, 6.45) is 12.1. The molecule has 2 N–H and O–H groups in total. The number of nitrogens with two attached hydrogens (primary N) is 1. The second kappa shape index (κ2) is 8.16. The monoisotopic (exact) mass is 254 g/mol. The first kappa shape index (κ1) is 16.0. The van der Waals surface area contributed by atoms with Gasteiger partial charge in [0.1, 0.15) is 0 Å². The van der Waals surface area contributed by atoms with Crippen molar-refractivity contribution in [2.24, 2.45) is 5.73 Å². The van der Waals surface area contributed by atoms with Crippen LogP contribution in [-0.4, -0.2) is 29.6 Å². The van der Waals surface area contributed by atoms with Crippen molar-refractivity contribution in [1.29, 1.82) is 0 Å². The second-order valence-corrected chi connectivity index (χ2v) is 6.26. The minimum Gasteiger partial charge on any atom is -0.329 e. The van der Waals surface area contributed by atoms with Crippen LogP contribution in [0.2, 0.25) is 0 Å². The van der Waals surface area contributed by atoms with Gasteiger partial charge in [-0.05, 0) is 39.2 Å². The van der Waals surface area contributed by atoms with Crippen LogP contribution < -0.4 is 5.73 Å². The van der Waals surface area contributed by atoms with Crippen molar-refractivity contribution in [3.8, 4) is 0 Å². The van der Waals surface area contributed by atoms with Crippen LogP contribution >= 0.6 is 0 Å². The van der Waals surface area contributed by atoms with Gasteiger partial charge in [-0.25, -0.2) is 0 Å². The average molecular weight is 254 g/mol. The highest BCUT2D eigenvalue weighted by molar-refractivity contribution is 4.92. The van der Waals surface area contributed by atoms with E-state index in [9.17, 15) is 0 Å². The van der Waals surface area contributed by atoms with Gasteiger partial charge in [0.15, 0.2) is 0 Å². The zero-order valence-electron chi connectivity index (χ0n) is 12.9. The number of unbranched alkanes of at least 4 members (excludes halogenated alkanes) is 3. The highest BCUT2D eigenvalue weighted by Crippen LogP contribution is 2.30. The van der Waals surface area contributed by atoms with E-state index in [2.05, 4.69) is 25.7 Å². The molecule has 2 unspecified atom stereocenters. The molecule has 0 radical (unpaired) electrons. The Morgan fingerprint density at radius 1 is 1.17 bits per heavy atom. The Bertz CT molecular complexity index is 217. The summed E-state index contributed by atoms with van der Waals surface area (Å²) >= 11 is 0. The largest absolute Gasteiger partial charge is 0.329 e. The molecule has 2 atom stereocenters. The van der Waals surface area contributed by atoms with Gasteiger partial charge >= 0.3 is 0 Å². The van der Waals surface area contributed by atoms with E-state index in [-0.39, 0.29) is 5.54 Å². The Morgan fingerprint density at radius 2 is 1.94 bits per heavy atom. The number of hydrogen-bond donors (Lipinski definition) is 1. The summed E-state index contributed by atoms with van der Waals surface area (Å²) in [5.41, 5.74) is 6.37. The fraction of sp³-hybridized carbons (Fsp3) is 1.00. The number of likely N-dealkylation sites (tertiary alicyclic amines) is 1. The van der Waals surface area contributed by atoms with Gasteiger partial charge in [-0.15, -0.1) is 0 Å². The molecule has 1 heterocycles. The third-order valence-corrected chi connectivity index (χ3v) is 4.80. The normalized spacial score (nSPS) is 25.0. The minimum atomic E-state index is 0.245. The Hall–Kier alpha value is -0.0800. The quantitative estimate of drug-likeness (QED) is 0.665. The van der Waals surface area contributed by atoms with Crippen molar-refractivity contribution in [3.05, 3.63) is 0 Å². The van der Waals surface area contributed by atoms with Crippen molar-refractivity contribution < 1.29 is 0 Å². The van der Waals surface area contributed by atoms with Crippen molar-refractivity contribution in [2.75, 3.05) is 13.1 Å². The predicted molar refractivity (Wildman–Crippen MR) is 80.9 cm³/mol. The summed E-state index contributed by atoms with van der Waals surface area (Å²) in [4.78, 5) is 2.74. The third kappa shape index (κ3) is 4.24. The van der Waals surface area contributed by atoms with Crippen molar-refractivity contribution in [3.63, 3.8) is 0 Å². The molecule has 1 fully saturated rings. The lowest BCUT2D eigenvalue weighted by atomic mass is 9.86. The Balaban J connectivity index is 2.54. The van der Waals surface area contributed by atoms with Crippen LogP contribution in [0.5, 0.6) is 0 Å². The van der Waals surface area contributed by atoms with E-state index in [1.54, 1.807) is 0 Å². The van der Waals surface area contributed by atoms with E-state index >= 15 is 0 Å². The first-order valence-corrected chi connectivity index (χ1v) is 8.14. The van der Waals surface area contributed by atoms with E-state index in [0.717, 1.165) is 12.6 Å². The molecular weight excluding hydrogens is 220 g/mol. The summed E-state index contributed by atoms with van der Waals surface area (Å²) in [5, 5.41) is 0. The van der Waals surface area contributed by atoms with Crippen LogP contribution in [-0.2, 0) is 0 Å². The van der Waals surface area contributed by atoms with Crippen molar-refractivity contribution >= 4 is 0 Å². The maximum absolute atomic E-state index is 6.13. The summed E-state index contributed by atoms with van der Waals surface area (Å²) in [6, 6.07) is 0.776. The molecule has 18 heavy (non-hydrogen) atoms. The first-order chi connectivity index (χ1) is 8.68. The van der Waals surface area contributed by atoms with Gasteiger partial charge in [0.2, 0.25) is 0 Å². The number of piperidine rings is 1. The Morgan fingerprint density at radius 3 is 2.56 bits per heavy atom. The van der Waals surface area contributed by atoms with Crippen LogP contribution in [0.4, 0.5) is 0 Å². The maximum Gasteiger partial charge on any atom is 0.0306 e. The van der Waals surface area contributed by atoms with Gasteiger partial charge in [0, 0.05) is 18.1 Å². The zero-order valence-corrected chi connectivity index (χ0v) is 12.9. The molecule has 1 aliphatic rings. The van der Waals surface area contributed by atoms with Crippen molar-refractivity contribution in [1.82, 2.24) is 4.90 Å². The van der Waals surface area contributed by atoms with Crippen LogP contribution in [0.3, 0.4) is 0 Å². The molecule has 2 heteroatoms. The zero-order chi connectivity index (χ0) is 13.4. The standard InChI is InChI=1S/C16H34N2/c1-4-6-7-9-12-16(3,14-17)18-13-10-8-11-15(18)5-2/h15H,4-14,17H2,1-3H3. The van der Waals surface area contributed by atoms with Gasteiger partial charge in [-0.2, -0.15) is 0 Å². The SMILES string of the molecule is CCCCCCC(C)(CN)N1CCCCC1CC. The van der Waals surface area contributed by atoms with E-state index in [1.807, 2.05) is 0 Å². The van der Waals surface area contributed by atoms with Gasteiger partial charge in [0.25, 0.3) is 0 Å². The first-order valence-electron chi connectivity index (χ1n) is 8.14. The second-order valence-electron chi connectivity index (χ2n) is 6.26. The van der Waals surface area contributed by atoms with Crippen LogP contribution in [0.15, 0.2) is 0 Å². The number of hydrogen-bond acceptors (Lipinski definition) is 2. The maximum atomic E-state index is 6.13. The highest BCUT2D eigenvalue weighted by atomic mass is 15.2. The molecule has 1 saturated heterocycles. The topological polar surface area (TPSA) is 29.3 Å². The van der Waals surface area contributed by atoms with Gasteiger partial charge in [0.05, 0.1) is 0 Å². The molecule has 0 amide bonds. The summed E-state index contributed by atoms with van der Waals surface area (Å²) in [6.45, 7) is 9.08. The predicted octanol–water partition coefficient (Wildman–Crippen LogP) is 3.94. The van der Waals surface area contributed by atoms with E-state index < -0.39 is 0 Å². The van der Waals surface area contributed by atoms with Gasteiger partial charge < -0.3 is 5.73 Å². The molecule has 0 aromatic heterocycles. The molecule has 1 rings (SSSR count). The fourth-order valence-electron chi connectivity index (χ4n) is 3.43. The fourth-order valence-corrected chi connectivity index (χ4v) is 3.43. The Kier molecular flexibility index (Phi) is 7.25. The smallest absolute Gasteiger partial charge is 0.0306 e. The highest BCUT2D eigenvalue weighted by Gasteiger charge is 2.35. The summed E-state index contributed by atoms with van der Waals surface area (Å²) in [5.74, 6) is 0. The molecule has 108 valence electrons. The third-order valence-electron chi connectivity index (χ3n) is 4.80. The van der Waals surface area contributed by atoms with E-state index in [1.165, 1.54) is 64.3 Å². The van der Waals surface area contributed by atoms with Crippen LogP contribution in [0, 0.1) is 0 Å². The molecular formula is C16H34N2. The Labute approximate surface area is 114 Å². The average Bonchev–Trinajstić information content (AvgIpc) is 2.43. The van der Waals surface area contributed by atoms with Gasteiger partial charge in [-0.1, -0.05) is 46.0 Å². The molecule has 0 bridgehead atoms. The van der Waals surface area contributed by atoms with Crippen molar-refractivity contribution in [2.45, 2.75) is 90.1 Å². The molecule has 2 nitrogen and oxygen atoms in total. The lowest BCUT2D eigenvalue weighted by Gasteiger charge is -2.48. The molecule has 0 saturated carbocycles. The molecule has 0 spiro atoms. The summed E-state index contributed by atoms with van der Waals surface area (Å²) < 4.78 is 0. The lowest BCUT2D eigenvalue weighted by Crippen LogP contribution is -2.57. The van der Waals surface area contributed by atoms with E-state index in [4.69, 9.17) is 5.73 Å². The van der Waals surface area contributed by atoms with Crippen LogP contribution in [0.25, 0.3) is 0 Å². The number of nitrogens with zero attached hydrogens (tertiary/aromatic N) is 1. The molecule has 0 aromatic rings. The molecule has 1 aliphatic heterocycles. The lowest BCUT2D eigenvalue weighted by molar-refractivity contribution is 0.0244. The molecule has 0 aliphatic carbocycles. The number of rotatable bonds is 8. The molecule has 0 aromatic carbocycles. The van der Waals surface area contributed by atoms with Crippen LogP contribution in [0.1, 0.15) is 78.6 Å².